The van der Waals surface area contributed by atoms with Crippen molar-refractivity contribution in [3.05, 3.63) is 113 Å². The average Bonchev–Trinajstić information content (AvgIpc) is 2.68. The van der Waals surface area contributed by atoms with Crippen LogP contribution in [0.2, 0.25) is 0 Å². The number of nitrogens with zero attached hydrogens (tertiary/aromatic N) is 1. The lowest BCUT2D eigenvalue weighted by atomic mass is 9.99. The molecule has 0 radical (unpaired) electrons. The first kappa shape index (κ1) is 16.3. The van der Waals surface area contributed by atoms with Crippen LogP contribution in [-0.2, 0) is 0 Å². The minimum absolute atomic E-state index is 0.0905. The van der Waals surface area contributed by atoms with Gasteiger partial charge in [-0.05, 0) is 43.2 Å². The predicted molar refractivity (Wildman–Crippen MR) is 109 cm³/mol. The largest absolute Gasteiger partial charge is 0.360 e. The summed E-state index contributed by atoms with van der Waals surface area (Å²) in [5, 5.41) is 3.59. The second kappa shape index (κ2) is 7.01. The molecule has 3 aromatic rings. The molecule has 0 spiro atoms. The van der Waals surface area contributed by atoms with Gasteiger partial charge in [-0.15, -0.1) is 0 Å². The maximum atomic E-state index is 5.01. The van der Waals surface area contributed by atoms with Gasteiger partial charge in [0.05, 0.1) is 5.71 Å². The first-order valence-corrected chi connectivity index (χ1v) is 8.94. The molecule has 1 unspecified atom stereocenters. The smallest absolute Gasteiger partial charge is 0.145 e. The number of allylic oxidation sites excluding steroid dienone is 1. The summed E-state index contributed by atoms with van der Waals surface area (Å²) in [5.41, 5.74) is 8.13. The number of hydrogen-bond donors (Lipinski definition) is 1. The van der Waals surface area contributed by atoms with Gasteiger partial charge in [0.25, 0.3) is 0 Å². The van der Waals surface area contributed by atoms with E-state index in [9.17, 15) is 0 Å². The fraction of sp³-hybridized carbons (Fsp3) is 0.125. The van der Waals surface area contributed by atoms with Crippen LogP contribution < -0.4 is 5.32 Å². The lowest BCUT2D eigenvalue weighted by Gasteiger charge is -2.25. The van der Waals surface area contributed by atoms with Crippen molar-refractivity contribution in [2.75, 3.05) is 0 Å². The molecule has 0 aromatic heterocycles. The number of nitrogens with one attached hydrogen (secondary N) is 1. The van der Waals surface area contributed by atoms with E-state index in [1.165, 1.54) is 22.3 Å². The Kier molecular flexibility index (Phi) is 4.40. The zero-order chi connectivity index (χ0) is 17.9. The lowest BCUT2D eigenvalue weighted by Crippen LogP contribution is -2.24. The predicted octanol–water partition coefficient (Wildman–Crippen LogP) is 5.44. The molecule has 128 valence electrons. The van der Waals surface area contributed by atoms with Gasteiger partial charge in [-0.2, -0.15) is 0 Å². The molecule has 0 amide bonds. The highest BCUT2D eigenvalue weighted by Crippen LogP contribution is 2.26. The molecule has 1 N–H and O–H groups in total. The average molecular weight is 338 g/mol. The van der Waals surface area contributed by atoms with Crippen molar-refractivity contribution in [1.82, 2.24) is 5.32 Å². The van der Waals surface area contributed by atoms with Crippen LogP contribution >= 0.6 is 0 Å². The maximum Gasteiger partial charge on any atom is 0.145 e. The molecule has 1 aliphatic rings. The van der Waals surface area contributed by atoms with Crippen LogP contribution in [0.15, 0.2) is 89.9 Å². The van der Waals surface area contributed by atoms with Crippen LogP contribution in [0.3, 0.4) is 0 Å². The van der Waals surface area contributed by atoms with Gasteiger partial charge in [-0.25, -0.2) is 0 Å². The molecular weight excluding hydrogens is 316 g/mol. The molecular formula is C24H22N2. The van der Waals surface area contributed by atoms with E-state index in [4.69, 9.17) is 4.99 Å². The quantitative estimate of drug-likeness (QED) is 0.676. The summed E-state index contributed by atoms with van der Waals surface area (Å²) in [4.78, 5) is 5.01. The maximum absolute atomic E-state index is 5.01. The van der Waals surface area contributed by atoms with Crippen molar-refractivity contribution in [1.29, 1.82) is 0 Å². The molecule has 2 nitrogen and oxygen atoms in total. The molecule has 0 fully saturated rings. The fourth-order valence-corrected chi connectivity index (χ4v) is 3.39. The van der Waals surface area contributed by atoms with Crippen LogP contribution in [0.1, 0.15) is 34.0 Å². The van der Waals surface area contributed by atoms with E-state index in [1.807, 2.05) is 12.1 Å². The fourth-order valence-electron chi connectivity index (χ4n) is 3.39. The van der Waals surface area contributed by atoms with Gasteiger partial charge >= 0.3 is 0 Å². The number of aryl methyl sites for hydroxylation is 2. The van der Waals surface area contributed by atoms with Gasteiger partial charge in [0, 0.05) is 11.3 Å². The molecule has 1 aliphatic heterocycles. The summed E-state index contributed by atoms with van der Waals surface area (Å²) in [5.74, 6) is 0. The van der Waals surface area contributed by atoms with Crippen molar-refractivity contribution in [3.8, 4) is 0 Å². The second-order valence-electron chi connectivity index (χ2n) is 6.77. The molecule has 1 heterocycles. The molecule has 4 rings (SSSR count). The first-order valence-electron chi connectivity index (χ1n) is 8.94. The van der Waals surface area contributed by atoms with Gasteiger partial charge in [0.15, 0.2) is 0 Å². The van der Waals surface area contributed by atoms with E-state index in [2.05, 4.69) is 92.0 Å². The second-order valence-corrected chi connectivity index (χ2v) is 6.77. The van der Waals surface area contributed by atoms with Gasteiger partial charge < -0.3 is 5.32 Å². The van der Waals surface area contributed by atoms with E-state index in [-0.39, 0.29) is 6.17 Å². The van der Waals surface area contributed by atoms with E-state index in [1.54, 1.807) is 0 Å². The number of benzene rings is 3. The summed E-state index contributed by atoms with van der Waals surface area (Å²) in [6.07, 6.45) is 2.07. The minimum atomic E-state index is -0.0905. The normalized spacial score (nSPS) is 16.5. The van der Waals surface area contributed by atoms with Crippen LogP contribution in [0.5, 0.6) is 0 Å². The Morgan fingerprint density at radius 3 is 2.00 bits per heavy atom. The summed E-state index contributed by atoms with van der Waals surface area (Å²) in [6.45, 7) is 4.27. The van der Waals surface area contributed by atoms with Crippen molar-refractivity contribution in [3.63, 3.8) is 0 Å². The Morgan fingerprint density at radius 2 is 1.35 bits per heavy atom. The third-order valence-corrected chi connectivity index (χ3v) is 4.56. The van der Waals surface area contributed by atoms with Gasteiger partial charge in [-0.1, -0.05) is 77.9 Å². The van der Waals surface area contributed by atoms with E-state index < -0.39 is 0 Å². The van der Waals surface area contributed by atoms with Crippen molar-refractivity contribution >= 4 is 11.4 Å². The minimum Gasteiger partial charge on any atom is -0.360 e. The Bertz CT molecular complexity index is 949. The van der Waals surface area contributed by atoms with Crippen molar-refractivity contribution in [2.24, 2.45) is 4.99 Å². The summed E-state index contributed by atoms with van der Waals surface area (Å²) >= 11 is 0. The first-order chi connectivity index (χ1) is 12.7. The third-order valence-electron chi connectivity index (χ3n) is 4.56. The summed E-state index contributed by atoms with van der Waals surface area (Å²) in [7, 11) is 0. The summed E-state index contributed by atoms with van der Waals surface area (Å²) < 4.78 is 0. The Hall–Kier alpha value is -3.13. The van der Waals surface area contributed by atoms with Crippen molar-refractivity contribution in [2.45, 2.75) is 20.0 Å². The van der Waals surface area contributed by atoms with Crippen molar-refractivity contribution < 1.29 is 0 Å². The van der Waals surface area contributed by atoms with Gasteiger partial charge in [0.1, 0.15) is 6.17 Å². The molecule has 0 bridgehead atoms. The highest BCUT2D eigenvalue weighted by atomic mass is 15.1. The van der Waals surface area contributed by atoms with Gasteiger partial charge in [-0.3, -0.25) is 4.99 Å². The topological polar surface area (TPSA) is 24.4 Å². The van der Waals surface area contributed by atoms with Crippen LogP contribution in [0.4, 0.5) is 0 Å². The Labute approximate surface area is 154 Å². The Balaban J connectivity index is 1.82. The third kappa shape index (κ3) is 3.45. The highest BCUT2D eigenvalue weighted by molar-refractivity contribution is 6.13. The number of rotatable bonds is 3. The molecule has 1 atom stereocenters. The molecule has 2 heteroatoms. The Morgan fingerprint density at radius 1 is 0.731 bits per heavy atom. The van der Waals surface area contributed by atoms with E-state index in [0.29, 0.717) is 0 Å². The molecule has 0 saturated heterocycles. The van der Waals surface area contributed by atoms with E-state index in [0.717, 1.165) is 17.0 Å². The van der Waals surface area contributed by atoms with Gasteiger partial charge in [0.2, 0.25) is 0 Å². The zero-order valence-electron chi connectivity index (χ0n) is 15.1. The molecule has 26 heavy (non-hydrogen) atoms. The highest BCUT2D eigenvalue weighted by Gasteiger charge is 2.19. The molecule has 3 aromatic carbocycles. The number of aliphatic imine (C=N–C) groups is 1. The number of hydrogen-bond acceptors (Lipinski definition) is 2. The van der Waals surface area contributed by atoms with Crippen LogP contribution in [0, 0.1) is 13.8 Å². The van der Waals surface area contributed by atoms with Crippen LogP contribution in [0.25, 0.3) is 5.70 Å². The summed E-state index contributed by atoms with van der Waals surface area (Å²) in [6, 6.07) is 27.4. The zero-order valence-corrected chi connectivity index (χ0v) is 15.1. The molecule has 0 aliphatic carbocycles. The van der Waals surface area contributed by atoms with Crippen LogP contribution in [-0.4, -0.2) is 5.71 Å². The SMILES string of the molecule is Cc1cc(C)cc(C2=NC(c3ccccc3)NC(c3ccccc3)=C2)c1. The monoisotopic (exact) mass is 338 g/mol. The standard InChI is InChI=1S/C24H22N2/c1-17-13-18(2)15-21(14-17)23-16-22(19-9-5-3-6-10-19)25-24(26-23)20-11-7-4-8-12-20/h3-16,24-25H,1-2H3. The lowest BCUT2D eigenvalue weighted by molar-refractivity contribution is 0.664. The molecule has 0 saturated carbocycles. The van der Waals surface area contributed by atoms with E-state index >= 15 is 0 Å².